The highest BCUT2D eigenvalue weighted by molar-refractivity contribution is 6.31. The third-order valence-electron chi connectivity index (χ3n) is 3.12. The molecule has 1 aliphatic rings. The van der Waals surface area contributed by atoms with Crippen molar-refractivity contribution in [1.82, 2.24) is 4.90 Å². The van der Waals surface area contributed by atoms with E-state index in [2.05, 4.69) is 12.2 Å². The van der Waals surface area contributed by atoms with Gasteiger partial charge in [-0.05, 0) is 37.0 Å². The van der Waals surface area contributed by atoms with Crippen LogP contribution in [0.1, 0.15) is 19.8 Å². The molecule has 0 aromatic heterocycles. The summed E-state index contributed by atoms with van der Waals surface area (Å²) in [6.45, 7) is 3.67. The van der Waals surface area contributed by atoms with Crippen molar-refractivity contribution >= 4 is 23.3 Å². The van der Waals surface area contributed by atoms with Gasteiger partial charge in [0.25, 0.3) is 0 Å². The van der Waals surface area contributed by atoms with Gasteiger partial charge in [0.2, 0.25) is 0 Å². The Kier molecular flexibility index (Phi) is 4.07. The Bertz CT molecular complexity index is 453. The van der Waals surface area contributed by atoms with Crippen LogP contribution in [0.25, 0.3) is 0 Å². The molecule has 1 aliphatic heterocycles. The zero-order valence-electron chi connectivity index (χ0n) is 10.2. The van der Waals surface area contributed by atoms with Gasteiger partial charge in [-0.2, -0.15) is 0 Å². The maximum Gasteiger partial charge on any atom is 0.321 e. The van der Waals surface area contributed by atoms with Crippen LogP contribution in [0.4, 0.5) is 14.9 Å². The SMILES string of the molecule is CC1CCCN(C(=O)Nc2ccc(F)c(Cl)c2)C1. The average Bonchev–Trinajstić information content (AvgIpc) is 2.34. The maximum atomic E-state index is 13.0. The standard InChI is InChI=1S/C13H16ClFN2O/c1-9-3-2-6-17(8-9)13(18)16-10-4-5-12(15)11(14)7-10/h4-5,7,9H,2-3,6,8H2,1H3,(H,16,18). The van der Waals surface area contributed by atoms with Crippen molar-refractivity contribution in [1.29, 1.82) is 0 Å². The third kappa shape index (κ3) is 3.13. The maximum absolute atomic E-state index is 13.0. The number of amides is 2. The van der Waals surface area contributed by atoms with E-state index < -0.39 is 5.82 Å². The highest BCUT2D eigenvalue weighted by Crippen LogP contribution is 2.21. The van der Waals surface area contributed by atoms with Gasteiger partial charge in [-0.1, -0.05) is 18.5 Å². The topological polar surface area (TPSA) is 32.3 Å². The number of rotatable bonds is 1. The number of benzene rings is 1. The first-order valence-corrected chi connectivity index (χ1v) is 6.45. The van der Waals surface area contributed by atoms with E-state index in [1.807, 2.05) is 0 Å². The first-order chi connectivity index (χ1) is 8.56. The monoisotopic (exact) mass is 270 g/mol. The van der Waals surface area contributed by atoms with Crippen molar-refractivity contribution in [3.05, 3.63) is 29.0 Å². The molecule has 2 amide bonds. The molecule has 1 heterocycles. The van der Waals surface area contributed by atoms with E-state index >= 15 is 0 Å². The van der Waals surface area contributed by atoms with E-state index in [4.69, 9.17) is 11.6 Å². The molecule has 1 aromatic rings. The first-order valence-electron chi connectivity index (χ1n) is 6.07. The van der Waals surface area contributed by atoms with Gasteiger partial charge in [-0.15, -0.1) is 0 Å². The van der Waals surface area contributed by atoms with Crippen LogP contribution in [0.5, 0.6) is 0 Å². The fourth-order valence-electron chi connectivity index (χ4n) is 2.15. The minimum absolute atomic E-state index is 0.0137. The molecule has 0 saturated carbocycles. The molecule has 1 N–H and O–H groups in total. The summed E-state index contributed by atoms with van der Waals surface area (Å²) in [4.78, 5) is 13.8. The summed E-state index contributed by atoms with van der Waals surface area (Å²) in [5.41, 5.74) is 0.518. The van der Waals surface area contributed by atoms with Crippen molar-refractivity contribution < 1.29 is 9.18 Å². The van der Waals surface area contributed by atoms with Gasteiger partial charge in [0.15, 0.2) is 0 Å². The molecule has 18 heavy (non-hydrogen) atoms. The number of anilines is 1. The van der Waals surface area contributed by atoms with Crippen LogP contribution in [0.15, 0.2) is 18.2 Å². The number of urea groups is 1. The number of carbonyl (C=O) groups is 1. The summed E-state index contributed by atoms with van der Waals surface area (Å²) >= 11 is 5.67. The highest BCUT2D eigenvalue weighted by Gasteiger charge is 2.20. The number of piperidine rings is 1. The van der Waals surface area contributed by atoms with Gasteiger partial charge < -0.3 is 10.2 Å². The molecule has 2 rings (SSSR count). The molecule has 1 saturated heterocycles. The molecule has 0 aliphatic carbocycles. The quantitative estimate of drug-likeness (QED) is 0.828. The number of hydrogen-bond donors (Lipinski definition) is 1. The third-order valence-corrected chi connectivity index (χ3v) is 3.40. The first kappa shape index (κ1) is 13.1. The molecule has 0 radical (unpaired) electrons. The number of nitrogens with zero attached hydrogens (tertiary/aromatic N) is 1. The molecule has 3 nitrogen and oxygen atoms in total. The predicted octanol–water partition coefficient (Wildman–Crippen LogP) is 3.74. The molecule has 1 aromatic carbocycles. The van der Waals surface area contributed by atoms with E-state index in [-0.39, 0.29) is 11.1 Å². The van der Waals surface area contributed by atoms with Gasteiger partial charge in [-0.25, -0.2) is 9.18 Å². The molecule has 1 fully saturated rings. The van der Waals surface area contributed by atoms with Crippen LogP contribution in [0.3, 0.4) is 0 Å². The zero-order valence-corrected chi connectivity index (χ0v) is 11.0. The van der Waals surface area contributed by atoms with E-state index in [1.54, 1.807) is 4.90 Å². The van der Waals surface area contributed by atoms with Crippen LogP contribution < -0.4 is 5.32 Å². The van der Waals surface area contributed by atoms with Crippen LogP contribution in [-0.2, 0) is 0 Å². The summed E-state index contributed by atoms with van der Waals surface area (Å²) in [6, 6.07) is 4.02. The minimum atomic E-state index is -0.485. The molecule has 98 valence electrons. The Morgan fingerprint density at radius 2 is 2.33 bits per heavy atom. The second-order valence-corrected chi connectivity index (χ2v) is 5.16. The largest absolute Gasteiger partial charge is 0.324 e. The van der Waals surface area contributed by atoms with Crippen molar-refractivity contribution in [3.63, 3.8) is 0 Å². The smallest absolute Gasteiger partial charge is 0.321 e. The summed E-state index contributed by atoms with van der Waals surface area (Å²) < 4.78 is 13.0. The van der Waals surface area contributed by atoms with E-state index in [9.17, 15) is 9.18 Å². The van der Waals surface area contributed by atoms with Gasteiger partial charge in [-0.3, -0.25) is 0 Å². The Labute approximate surface area is 111 Å². The van der Waals surface area contributed by atoms with Crippen molar-refractivity contribution in [3.8, 4) is 0 Å². The lowest BCUT2D eigenvalue weighted by Gasteiger charge is -2.30. The van der Waals surface area contributed by atoms with Crippen LogP contribution >= 0.6 is 11.6 Å². The average molecular weight is 271 g/mol. The van der Waals surface area contributed by atoms with Crippen LogP contribution in [0.2, 0.25) is 5.02 Å². The lowest BCUT2D eigenvalue weighted by atomic mass is 10.0. The van der Waals surface area contributed by atoms with Gasteiger partial charge in [0, 0.05) is 18.8 Å². The second kappa shape index (κ2) is 5.57. The summed E-state index contributed by atoms with van der Waals surface area (Å²) in [5.74, 6) is 0.0440. The Hall–Kier alpha value is -1.29. The van der Waals surface area contributed by atoms with Crippen molar-refractivity contribution in [2.24, 2.45) is 5.92 Å². The Balaban J connectivity index is 2.00. The second-order valence-electron chi connectivity index (χ2n) is 4.75. The summed E-state index contributed by atoms with van der Waals surface area (Å²) in [6.07, 6.45) is 2.19. The summed E-state index contributed by atoms with van der Waals surface area (Å²) in [7, 11) is 0. The van der Waals surface area contributed by atoms with E-state index in [0.29, 0.717) is 11.6 Å². The van der Waals surface area contributed by atoms with Crippen LogP contribution in [-0.4, -0.2) is 24.0 Å². The molecule has 1 atom stereocenters. The molecular weight excluding hydrogens is 255 g/mol. The highest BCUT2D eigenvalue weighted by atomic mass is 35.5. The molecule has 5 heteroatoms. The van der Waals surface area contributed by atoms with Crippen molar-refractivity contribution in [2.45, 2.75) is 19.8 Å². The number of likely N-dealkylation sites (tertiary alicyclic amines) is 1. The molecule has 1 unspecified atom stereocenters. The lowest BCUT2D eigenvalue weighted by Crippen LogP contribution is -2.41. The Morgan fingerprint density at radius 3 is 3.00 bits per heavy atom. The van der Waals surface area contributed by atoms with E-state index in [1.165, 1.54) is 18.2 Å². The van der Waals surface area contributed by atoms with Crippen LogP contribution in [0, 0.1) is 11.7 Å². The van der Waals surface area contributed by atoms with Gasteiger partial charge in [0.05, 0.1) is 5.02 Å². The van der Waals surface area contributed by atoms with Gasteiger partial charge >= 0.3 is 6.03 Å². The Morgan fingerprint density at radius 1 is 1.56 bits per heavy atom. The number of carbonyl (C=O) groups excluding carboxylic acids is 1. The zero-order chi connectivity index (χ0) is 13.1. The minimum Gasteiger partial charge on any atom is -0.324 e. The normalized spacial score (nSPS) is 19.7. The number of hydrogen-bond acceptors (Lipinski definition) is 1. The molecule has 0 spiro atoms. The predicted molar refractivity (Wildman–Crippen MR) is 70.4 cm³/mol. The van der Waals surface area contributed by atoms with Gasteiger partial charge in [0.1, 0.15) is 5.82 Å². The fraction of sp³-hybridized carbons (Fsp3) is 0.462. The van der Waals surface area contributed by atoms with Crippen molar-refractivity contribution in [2.75, 3.05) is 18.4 Å². The number of nitrogens with one attached hydrogen (secondary N) is 1. The molecule has 0 bridgehead atoms. The molecular formula is C13H16ClFN2O. The number of halogens is 2. The van der Waals surface area contributed by atoms with E-state index in [0.717, 1.165) is 25.9 Å². The lowest BCUT2D eigenvalue weighted by molar-refractivity contribution is 0.182. The summed E-state index contributed by atoms with van der Waals surface area (Å²) in [5, 5.41) is 2.75. The fourth-order valence-corrected chi connectivity index (χ4v) is 2.33.